The van der Waals surface area contributed by atoms with Crippen LogP contribution in [0.3, 0.4) is 0 Å². The molecule has 3 aromatic rings. The third-order valence-corrected chi connectivity index (χ3v) is 4.60. The van der Waals surface area contributed by atoms with E-state index in [0.29, 0.717) is 16.9 Å². The van der Waals surface area contributed by atoms with Gasteiger partial charge in [0.25, 0.3) is 0 Å². The van der Waals surface area contributed by atoms with E-state index in [9.17, 15) is 9.59 Å². The fourth-order valence-electron chi connectivity index (χ4n) is 2.67. The number of ketones is 1. The maximum atomic E-state index is 12.6. The Morgan fingerprint density at radius 3 is 2.19 bits per heavy atom. The van der Waals surface area contributed by atoms with E-state index in [2.05, 4.69) is 15.9 Å². The number of hydrogen-bond acceptors (Lipinski definition) is 4. The summed E-state index contributed by atoms with van der Waals surface area (Å²) in [6.07, 6.45) is -0.903. The van der Waals surface area contributed by atoms with Crippen molar-refractivity contribution in [2.75, 3.05) is 7.11 Å². The van der Waals surface area contributed by atoms with Crippen molar-refractivity contribution in [3.05, 3.63) is 76.3 Å². The number of carbonyl (C=O) groups is 2. The first-order valence-electron chi connectivity index (χ1n) is 8.07. The van der Waals surface area contributed by atoms with Gasteiger partial charge in [0.1, 0.15) is 11.3 Å². The van der Waals surface area contributed by atoms with Crippen LogP contribution in [-0.4, -0.2) is 25.0 Å². The molecular weight excluding hydrogens is 396 g/mol. The molecule has 4 nitrogen and oxygen atoms in total. The number of methoxy groups -OCH3 is 1. The molecule has 0 amide bonds. The zero-order valence-electron chi connectivity index (χ0n) is 14.4. The predicted molar refractivity (Wildman–Crippen MR) is 104 cm³/mol. The first-order chi connectivity index (χ1) is 12.5. The van der Waals surface area contributed by atoms with E-state index in [1.54, 1.807) is 43.3 Å². The number of benzene rings is 3. The number of rotatable bonds is 5. The number of Topliss-reactive ketones (excluding diaryl/α,β-unsaturated/α-hetero) is 1. The molecule has 0 spiro atoms. The maximum Gasteiger partial charge on any atom is 0.342 e. The second-order valence-corrected chi connectivity index (χ2v) is 6.73. The molecule has 0 bridgehead atoms. The highest BCUT2D eigenvalue weighted by Gasteiger charge is 2.23. The second-order valence-electron chi connectivity index (χ2n) is 5.82. The summed E-state index contributed by atoms with van der Waals surface area (Å²) in [7, 11) is 1.50. The fourth-order valence-corrected chi connectivity index (χ4v) is 2.94. The molecule has 0 heterocycles. The fraction of sp³-hybridized carbons (Fsp3) is 0.143. The van der Waals surface area contributed by atoms with Crippen molar-refractivity contribution in [3.63, 3.8) is 0 Å². The van der Waals surface area contributed by atoms with E-state index in [1.807, 2.05) is 24.3 Å². The van der Waals surface area contributed by atoms with Crippen LogP contribution >= 0.6 is 15.9 Å². The van der Waals surface area contributed by atoms with Crippen LogP contribution < -0.4 is 4.74 Å². The molecule has 0 saturated heterocycles. The summed E-state index contributed by atoms with van der Waals surface area (Å²) in [5.74, 6) is -0.437. The molecular formula is C21H17BrO4. The van der Waals surface area contributed by atoms with Crippen LogP contribution in [-0.2, 0) is 4.74 Å². The molecule has 0 aliphatic heterocycles. The minimum absolute atomic E-state index is 0.259. The topological polar surface area (TPSA) is 52.6 Å². The van der Waals surface area contributed by atoms with Crippen LogP contribution in [0.15, 0.2) is 65.1 Å². The molecule has 0 radical (unpaired) electrons. The summed E-state index contributed by atoms with van der Waals surface area (Å²) in [6.45, 7) is 1.57. The van der Waals surface area contributed by atoms with E-state index in [-0.39, 0.29) is 5.78 Å². The molecule has 0 fully saturated rings. The molecule has 0 N–H and O–H groups in total. The molecule has 132 valence electrons. The largest absolute Gasteiger partial charge is 0.496 e. The van der Waals surface area contributed by atoms with Crippen molar-refractivity contribution in [1.82, 2.24) is 0 Å². The van der Waals surface area contributed by atoms with Crippen LogP contribution in [0.2, 0.25) is 0 Å². The normalized spacial score (nSPS) is 11.8. The molecule has 1 atom stereocenters. The summed E-state index contributed by atoms with van der Waals surface area (Å²) in [6, 6.07) is 18.1. The van der Waals surface area contributed by atoms with Gasteiger partial charge in [0.15, 0.2) is 6.10 Å². The molecule has 3 aromatic carbocycles. The van der Waals surface area contributed by atoms with Gasteiger partial charge in [0.05, 0.1) is 7.11 Å². The lowest BCUT2D eigenvalue weighted by atomic mass is 10.1. The molecule has 3 rings (SSSR count). The van der Waals surface area contributed by atoms with Gasteiger partial charge in [-0.1, -0.05) is 52.3 Å². The minimum Gasteiger partial charge on any atom is -0.496 e. The van der Waals surface area contributed by atoms with Crippen LogP contribution in [0.1, 0.15) is 27.6 Å². The molecule has 0 unspecified atom stereocenters. The van der Waals surface area contributed by atoms with Gasteiger partial charge < -0.3 is 9.47 Å². The predicted octanol–water partition coefficient (Wildman–Crippen LogP) is 5.04. The zero-order chi connectivity index (χ0) is 18.7. The van der Waals surface area contributed by atoms with Gasteiger partial charge in [-0.25, -0.2) is 4.79 Å². The lowest BCUT2D eigenvalue weighted by Gasteiger charge is -2.15. The average molecular weight is 413 g/mol. The highest BCUT2D eigenvalue weighted by Crippen LogP contribution is 2.27. The van der Waals surface area contributed by atoms with Gasteiger partial charge in [-0.2, -0.15) is 0 Å². The Morgan fingerprint density at radius 1 is 0.962 bits per heavy atom. The van der Waals surface area contributed by atoms with Gasteiger partial charge in [-0.3, -0.25) is 4.79 Å². The molecule has 0 aliphatic rings. The van der Waals surface area contributed by atoms with E-state index >= 15 is 0 Å². The van der Waals surface area contributed by atoms with Crippen LogP contribution in [0.25, 0.3) is 10.8 Å². The average Bonchev–Trinajstić information content (AvgIpc) is 2.66. The van der Waals surface area contributed by atoms with Gasteiger partial charge in [0.2, 0.25) is 5.78 Å². The number of ether oxygens (including phenoxy) is 2. The maximum absolute atomic E-state index is 12.6. The number of fused-ring (bicyclic) bond motifs is 1. The smallest absolute Gasteiger partial charge is 0.342 e. The van der Waals surface area contributed by atoms with Crippen LogP contribution in [0.4, 0.5) is 0 Å². The SMILES string of the molecule is COc1cc2ccccc2cc1C(=O)O[C@H](C)C(=O)c1ccc(Br)cc1. The van der Waals surface area contributed by atoms with Gasteiger partial charge in [-0.15, -0.1) is 0 Å². The van der Waals surface area contributed by atoms with E-state index in [4.69, 9.17) is 9.47 Å². The number of halogens is 1. The standard InChI is InChI=1S/C21H17BrO4/c1-13(20(23)14-7-9-17(22)10-8-14)26-21(24)18-11-15-5-3-4-6-16(15)12-19(18)25-2/h3-13H,1-2H3/t13-/m1/s1. The highest BCUT2D eigenvalue weighted by atomic mass is 79.9. The molecule has 5 heteroatoms. The number of esters is 1. The van der Waals surface area contributed by atoms with Crippen molar-refractivity contribution >= 4 is 38.5 Å². The minimum atomic E-state index is -0.903. The van der Waals surface area contributed by atoms with Crippen molar-refractivity contribution < 1.29 is 19.1 Å². The summed E-state index contributed by atoms with van der Waals surface area (Å²) in [5, 5.41) is 1.85. The van der Waals surface area contributed by atoms with Gasteiger partial charge in [-0.05, 0) is 42.0 Å². The monoisotopic (exact) mass is 412 g/mol. The lowest BCUT2D eigenvalue weighted by molar-refractivity contribution is 0.0316. The van der Waals surface area contributed by atoms with Gasteiger partial charge in [0, 0.05) is 10.0 Å². The second kappa shape index (κ2) is 7.70. The Labute approximate surface area is 159 Å². The quantitative estimate of drug-likeness (QED) is 0.435. The lowest BCUT2D eigenvalue weighted by Crippen LogP contribution is -2.24. The third kappa shape index (κ3) is 3.78. The van der Waals surface area contributed by atoms with Crippen molar-refractivity contribution in [2.45, 2.75) is 13.0 Å². The summed E-state index contributed by atoms with van der Waals surface area (Å²) < 4.78 is 11.6. The van der Waals surface area contributed by atoms with Crippen LogP contribution in [0.5, 0.6) is 5.75 Å². The summed E-state index contributed by atoms with van der Waals surface area (Å²) in [4.78, 5) is 25.1. The Hall–Kier alpha value is -2.66. The Bertz CT molecular complexity index is 963. The van der Waals surface area contributed by atoms with Crippen molar-refractivity contribution in [2.24, 2.45) is 0 Å². The van der Waals surface area contributed by atoms with Crippen molar-refractivity contribution in [1.29, 1.82) is 0 Å². The Morgan fingerprint density at radius 2 is 1.58 bits per heavy atom. The number of carbonyl (C=O) groups excluding carboxylic acids is 2. The Balaban J connectivity index is 1.83. The van der Waals surface area contributed by atoms with E-state index in [0.717, 1.165) is 15.2 Å². The van der Waals surface area contributed by atoms with Crippen LogP contribution in [0, 0.1) is 0 Å². The summed E-state index contributed by atoms with van der Waals surface area (Å²) in [5.41, 5.74) is 0.778. The molecule has 0 saturated carbocycles. The first-order valence-corrected chi connectivity index (χ1v) is 8.86. The van der Waals surface area contributed by atoms with Crippen molar-refractivity contribution in [3.8, 4) is 5.75 Å². The number of hydrogen-bond donors (Lipinski definition) is 0. The first kappa shape index (κ1) is 18.1. The molecule has 26 heavy (non-hydrogen) atoms. The Kier molecular flexibility index (Phi) is 5.38. The highest BCUT2D eigenvalue weighted by molar-refractivity contribution is 9.10. The molecule has 0 aliphatic carbocycles. The third-order valence-electron chi connectivity index (χ3n) is 4.07. The summed E-state index contributed by atoms with van der Waals surface area (Å²) >= 11 is 3.33. The van der Waals surface area contributed by atoms with Gasteiger partial charge >= 0.3 is 5.97 Å². The van der Waals surface area contributed by atoms with E-state index in [1.165, 1.54) is 7.11 Å². The zero-order valence-corrected chi connectivity index (χ0v) is 15.9. The molecule has 0 aromatic heterocycles. The van der Waals surface area contributed by atoms with E-state index < -0.39 is 12.1 Å².